The summed E-state index contributed by atoms with van der Waals surface area (Å²) in [5, 5.41) is 2.95. The molecule has 144 valence electrons. The van der Waals surface area contributed by atoms with Crippen molar-refractivity contribution < 1.29 is 23.7 Å². The van der Waals surface area contributed by atoms with Gasteiger partial charge in [0.25, 0.3) is 0 Å². The molecule has 1 N–H and O–H groups in total. The van der Waals surface area contributed by atoms with Crippen LogP contribution in [-0.2, 0) is 17.8 Å². The highest BCUT2D eigenvalue weighted by Gasteiger charge is 2.13. The van der Waals surface area contributed by atoms with Crippen molar-refractivity contribution in [1.29, 1.82) is 0 Å². The summed E-state index contributed by atoms with van der Waals surface area (Å²) in [5.41, 5.74) is 2.02. The zero-order valence-electron chi connectivity index (χ0n) is 15.7. The summed E-state index contributed by atoms with van der Waals surface area (Å²) >= 11 is 0. The summed E-state index contributed by atoms with van der Waals surface area (Å²) in [5.74, 6) is 2.91. The number of benzene rings is 2. The molecule has 0 aliphatic carbocycles. The van der Waals surface area contributed by atoms with Gasteiger partial charge in [0.2, 0.25) is 12.7 Å². The van der Waals surface area contributed by atoms with Crippen molar-refractivity contribution in [1.82, 2.24) is 5.32 Å². The number of nitrogens with one attached hydrogen (secondary N) is 1. The first kappa shape index (κ1) is 18.9. The molecule has 0 saturated heterocycles. The summed E-state index contributed by atoms with van der Waals surface area (Å²) in [6, 6.07) is 11.5. The SMILES string of the molecule is CCOc1ccc(CNC(=O)CCc2ccc3c(c2)OCO3)cc1OCC. The van der Waals surface area contributed by atoms with Crippen LogP contribution in [0.15, 0.2) is 36.4 Å². The average molecular weight is 371 g/mol. The van der Waals surface area contributed by atoms with Gasteiger partial charge in [0, 0.05) is 13.0 Å². The molecule has 1 aliphatic heterocycles. The van der Waals surface area contributed by atoms with E-state index in [9.17, 15) is 4.79 Å². The largest absolute Gasteiger partial charge is 0.490 e. The predicted molar refractivity (Wildman–Crippen MR) is 102 cm³/mol. The van der Waals surface area contributed by atoms with Crippen LogP contribution in [0, 0.1) is 0 Å². The van der Waals surface area contributed by atoms with Crippen molar-refractivity contribution in [2.75, 3.05) is 20.0 Å². The number of rotatable bonds is 9. The van der Waals surface area contributed by atoms with E-state index < -0.39 is 0 Å². The van der Waals surface area contributed by atoms with Crippen LogP contribution in [0.4, 0.5) is 0 Å². The lowest BCUT2D eigenvalue weighted by atomic mass is 10.1. The third-order valence-corrected chi connectivity index (χ3v) is 4.18. The van der Waals surface area contributed by atoms with Crippen molar-refractivity contribution in [2.24, 2.45) is 0 Å². The fourth-order valence-corrected chi connectivity index (χ4v) is 2.85. The second kappa shape index (κ2) is 9.16. The Balaban J connectivity index is 1.50. The van der Waals surface area contributed by atoms with Crippen molar-refractivity contribution in [3.05, 3.63) is 47.5 Å². The molecule has 0 bridgehead atoms. The number of carbonyl (C=O) groups excluding carboxylic acids is 1. The molecule has 0 aromatic heterocycles. The van der Waals surface area contributed by atoms with Crippen LogP contribution in [0.1, 0.15) is 31.4 Å². The summed E-state index contributed by atoms with van der Waals surface area (Å²) in [6.45, 7) is 5.71. The van der Waals surface area contributed by atoms with E-state index in [1.807, 2.05) is 50.2 Å². The number of fused-ring (bicyclic) bond motifs is 1. The minimum absolute atomic E-state index is 0.000452. The molecule has 2 aromatic carbocycles. The first-order valence-electron chi connectivity index (χ1n) is 9.23. The summed E-state index contributed by atoms with van der Waals surface area (Å²) in [7, 11) is 0. The van der Waals surface area contributed by atoms with Crippen LogP contribution >= 0.6 is 0 Å². The van der Waals surface area contributed by atoms with Crippen molar-refractivity contribution in [3.63, 3.8) is 0 Å². The lowest BCUT2D eigenvalue weighted by molar-refractivity contribution is -0.121. The third kappa shape index (κ3) is 5.06. The zero-order chi connectivity index (χ0) is 19.1. The van der Waals surface area contributed by atoms with E-state index in [0.717, 1.165) is 28.4 Å². The van der Waals surface area contributed by atoms with Crippen LogP contribution in [0.3, 0.4) is 0 Å². The predicted octanol–water partition coefficient (Wildman–Crippen LogP) is 3.46. The van der Waals surface area contributed by atoms with E-state index in [0.29, 0.717) is 38.3 Å². The molecular formula is C21H25NO5. The van der Waals surface area contributed by atoms with Crippen LogP contribution in [-0.4, -0.2) is 25.9 Å². The molecule has 0 radical (unpaired) electrons. The van der Waals surface area contributed by atoms with Gasteiger partial charge in [-0.05, 0) is 55.7 Å². The first-order chi connectivity index (χ1) is 13.2. The summed E-state index contributed by atoms with van der Waals surface area (Å²) in [6.07, 6.45) is 1.06. The van der Waals surface area contributed by atoms with Gasteiger partial charge in [-0.3, -0.25) is 4.79 Å². The molecular weight excluding hydrogens is 346 g/mol. The highest BCUT2D eigenvalue weighted by atomic mass is 16.7. The molecule has 27 heavy (non-hydrogen) atoms. The number of amides is 1. The lowest BCUT2D eigenvalue weighted by Gasteiger charge is -2.13. The van der Waals surface area contributed by atoms with Crippen molar-refractivity contribution >= 4 is 5.91 Å². The molecule has 0 fully saturated rings. The van der Waals surface area contributed by atoms with Gasteiger partial charge in [-0.1, -0.05) is 12.1 Å². The number of hydrogen-bond acceptors (Lipinski definition) is 5. The van der Waals surface area contributed by atoms with E-state index in [1.54, 1.807) is 0 Å². The zero-order valence-corrected chi connectivity index (χ0v) is 15.7. The molecule has 1 aliphatic rings. The fraction of sp³-hybridized carbons (Fsp3) is 0.381. The normalized spacial score (nSPS) is 11.9. The standard InChI is InChI=1S/C21H25NO5/c1-3-24-17-9-6-16(12-19(17)25-4-2)13-22-21(23)10-7-15-5-8-18-20(11-15)27-14-26-18/h5-6,8-9,11-12H,3-4,7,10,13-14H2,1-2H3,(H,22,23). The number of hydrogen-bond donors (Lipinski definition) is 1. The van der Waals surface area contributed by atoms with Gasteiger partial charge < -0.3 is 24.3 Å². The quantitative estimate of drug-likeness (QED) is 0.731. The van der Waals surface area contributed by atoms with Crippen LogP contribution in [0.25, 0.3) is 0 Å². The number of carbonyl (C=O) groups is 1. The highest BCUT2D eigenvalue weighted by molar-refractivity contribution is 5.76. The Morgan fingerprint density at radius 1 is 0.963 bits per heavy atom. The Morgan fingerprint density at radius 2 is 1.70 bits per heavy atom. The lowest BCUT2D eigenvalue weighted by Crippen LogP contribution is -2.23. The van der Waals surface area contributed by atoms with E-state index in [4.69, 9.17) is 18.9 Å². The Hall–Kier alpha value is -2.89. The van der Waals surface area contributed by atoms with Gasteiger partial charge in [0.05, 0.1) is 13.2 Å². The van der Waals surface area contributed by atoms with Gasteiger partial charge in [0.15, 0.2) is 23.0 Å². The maximum Gasteiger partial charge on any atom is 0.231 e. The van der Waals surface area contributed by atoms with Gasteiger partial charge >= 0.3 is 0 Å². The Kier molecular flexibility index (Phi) is 6.41. The van der Waals surface area contributed by atoms with Gasteiger partial charge in [0.1, 0.15) is 0 Å². The van der Waals surface area contributed by atoms with Gasteiger partial charge in [-0.15, -0.1) is 0 Å². The molecule has 3 rings (SSSR count). The second-order valence-electron chi connectivity index (χ2n) is 6.11. The molecule has 1 heterocycles. The van der Waals surface area contributed by atoms with Crippen molar-refractivity contribution in [3.8, 4) is 23.0 Å². The molecule has 6 nitrogen and oxygen atoms in total. The Bertz CT molecular complexity index is 790. The molecule has 0 saturated carbocycles. The first-order valence-corrected chi connectivity index (χ1v) is 9.23. The van der Waals surface area contributed by atoms with E-state index in [1.165, 1.54) is 0 Å². The maximum atomic E-state index is 12.2. The summed E-state index contributed by atoms with van der Waals surface area (Å²) in [4.78, 5) is 12.2. The van der Waals surface area contributed by atoms with Gasteiger partial charge in [-0.2, -0.15) is 0 Å². The van der Waals surface area contributed by atoms with Gasteiger partial charge in [-0.25, -0.2) is 0 Å². The fourth-order valence-electron chi connectivity index (χ4n) is 2.85. The van der Waals surface area contributed by atoms with Crippen LogP contribution in [0.2, 0.25) is 0 Å². The van der Waals surface area contributed by atoms with Crippen LogP contribution < -0.4 is 24.3 Å². The van der Waals surface area contributed by atoms with Crippen LogP contribution in [0.5, 0.6) is 23.0 Å². The molecule has 2 aromatic rings. The topological polar surface area (TPSA) is 66.0 Å². The minimum Gasteiger partial charge on any atom is -0.490 e. The molecule has 0 spiro atoms. The van der Waals surface area contributed by atoms with Crippen molar-refractivity contribution in [2.45, 2.75) is 33.2 Å². The van der Waals surface area contributed by atoms with E-state index in [-0.39, 0.29) is 12.7 Å². The highest BCUT2D eigenvalue weighted by Crippen LogP contribution is 2.32. The second-order valence-corrected chi connectivity index (χ2v) is 6.11. The summed E-state index contributed by atoms with van der Waals surface area (Å²) < 4.78 is 21.8. The number of aryl methyl sites for hydroxylation is 1. The number of ether oxygens (including phenoxy) is 4. The maximum absolute atomic E-state index is 12.2. The van der Waals surface area contributed by atoms with E-state index >= 15 is 0 Å². The third-order valence-electron chi connectivity index (χ3n) is 4.18. The molecule has 1 amide bonds. The minimum atomic E-state index is -0.000452. The van der Waals surface area contributed by atoms with E-state index in [2.05, 4.69) is 5.32 Å². The smallest absolute Gasteiger partial charge is 0.231 e. The Labute approximate surface area is 159 Å². The average Bonchev–Trinajstić information content (AvgIpc) is 3.14. The molecule has 6 heteroatoms. The molecule has 0 atom stereocenters. The Morgan fingerprint density at radius 3 is 2.52 bits per heavy atom. The molecule has 0 unspecified atom stereocenters. The monoisotopic (exact) mass is 371 g/mol.